The summed E-state index contributed by atoms with van der Waals surface area (Å²) in [5.41, 5.74) is 8.63. The number of hydrogen-bond acceptors (Lipinski definition) is 2. The number of benzene rings is 1. The molecule has 0 spiro atoms. The fourth-order valence-electron chi connectivity index (χ4n) is 1.31. The van der Waals surface area contributed by atoms with E-state index in [1.807, 2.05) is 32.0 Å². The lowest BCUT2D eigenvalue weighted by Crippen LogP contribution is -2.10. The van der Waals surface area contributed by atoms with E-state index in [0.29, 0.717) is 5.56 Å². The lowest BCUT2D eigenvalue weighted by Gasteiger charge is -2.11. The van der Waals surface area contributed by atoms with Gasteiger partial charge in [0.05, 0.1) is 11.6 Å². The molecule has 0 aliphatic carbocycles. The maximum absolute atomic E-state index is 8.88. The monoisotopic (exact) mass is 174 g/mol. The van der Waals surface area contributed by atoms with Crippen LogP contribution in [0.15, 0.2) is 18.2 Å². The summed E-state index contributed by atoms with van der Waals surface area (Å²) in [6.45, 7) is 3.99. The molecular weight excluding hydrogens is 160 g/mol. The van der Waals surface area contributed by atoms with Crippen molar-refractivity contribution in [3.05, 3.63) is 34.9 Å². The number of nitrogens with zero attached hydrogens (tertiary/aromatic N) is 1. The van der Waals surface area contributed by atoms with E-state index in [0.717, 1.165) is 17.5 Å². The van der Waals surface area contributed by atoms with Crippen LogP contribution < -0.4 is 5.73 Å². The summed E-state index contributed by atoms with van der Waals surface area (Å²) in [6, 6.07) is 7.97. The first kappa shape index (κ1) is 9.76. The van der Waals surface area contributed by atoms with Gasteiger partial charge in [0, 0.05) is 6.04 Å². The van der Waals surface area contributed by atoms with Crippen molar-refractivity contribution in [3.63, 3.8) is 0 Å². The van der Waals surface area contributed by atoms with E-state index in [2.05, 4.69) is 6.07 Å². The van der Waals surface area contributed by atoms with Crippen LogP contribution in [-0.4, -0.2) is 0 Å². The summed E-state index contributed by atoms with van der Waals surface area (Å²) in [7, 11) is 0. The Hall–Kier alpha value is -1.33. The van der Waals surface area contributed by atoms with Crippen LogP contribution in [0.4, 0.5) is 0 Å². The van der Waals surface area contributed by atoms with Crippen molar-refractivity contribution >= 4 is 0 Å². The number of hydrogen-bond donors (Lipinski definition) is 1. The number of nitriles is 1. The normalized spacial score (nSPS) is 12.2. The van der Waals surface area contributed by atoms with E-state index in [4.69, 9.17) is 11.0 Å². The highest BCUT2D eigenvalue weighted by molar-refractivity contribution is 5.41. The third-order valence-electron chi connectivity index (χ3n) is 2.17. The molecule has 1 aromatic rings. The first-order chi connectivity index (χ1) is 6.19. The first-order valence-electron chi connectivity index (χ1n) is 4.45. The van der Waals surface area contributed by atoms with E-state index in [9.17, 15) is 0 Å². The van der Waals surface area contributed by atoms with Gasteiger partial charge in [0.25, 0.3) is 0 Å². The molecule has 1 aromatic carbocycles. The highest BCUT2D eigenvalue weighted by Crippen LogP contribution is 2.19. The molecule has 0 aromatic heterocycles. The molecule has 13 heavy (non-hydrogen) atoms. The predicted molar refractivity (Wildman–Crippen MR) is 53.1 cm³/mol. The molecule has 0 aliphatic rings. The van der Waals surface area contributed by atoms with E-state index in [-0.39, 0.29) is 6.04 Å². The Balaban J connectivity index is 3.15. The molecule has 0 radical (unpaired) electrons. The van der Waals surface area contributed by atoms with Gasteiger partial charge in [-0.25, -0.2) is 0 Å². The Kier molecular flexibility index (Phi) is 3.05. The lowest BCUT2D eigenvalue weighted by atomic mass is 9.98. The van der Waals surface area contributed by atoms with Gasteiger partial charge in [0.15, 0.2) is 0 Å². The van der Waals surface area contributed by atoms with Crippen LogP contribution in [0.3, 0.4) is 0 Å². The van der Waals surface area contributed by atoms with E-state index in [1.165, 1.54) is 0 Å². The Morgan fingerprint density at radius 2 is 2.23 bits per heavy atom. The van der Waals surface area contributed by atoms with Gasteiger partial charge in [0.2, 0.25) is 0 Å². The molecule has 1 atom stereocenters. The quantitative estimate of drug-likeness (QED) is 0.747. The Labute approximate surface area is 79.0 Å². The summed E-state index contributed by atoms with van der Waals surface area (Å²) in [5, 5.41) is 8.88. The third kappa shape index (κ3) is 2.07. The second-order valence-corrected chi connectivity index (χ2v) is 3.22. The van der Waals surface area contributed by atoms with Crippen molar-refractivity contribution in [2.45, 2.75) is 26.3 Å². The van der Waals surface area contributed by atoms with Gasteiger partial charge in [-0.2, -0.15) is 5.26 Å². The number of rotatable bonds is 2. The molecule has 2 heteroatoms. The molecule has 0 saturated carbocycles. The molecule has 0 saturated heterocycles. The van der Waals surface area contributed by atoms with Crippen molar-refractivity contribution in [1.29, 1.82) is 5.26 Å². The second-order valence-electron chi connectivity index (χ2n) is 3.22. The molecule has 68 valence electrons. The minimum Gasteiger partial charge on any atom is -0.324 e. The zero-order chi connectivity index (χ0) is 9.84. The van der Waals surface area contributed by atoms with Gasteiger partial charge in [0.1, 0.15) is 0 Å². The summed E-state index contributed by atoms with van der Waals surface area (Å²) in [6.07, 6.45) is 0.859. The fourth-order valence-corrected chi connectivity index (χ4v) is 1.31. The minimum absolute atomic E-state index is 0.0183. The number of aryl methyl sites for hydroxylation is 1. The zero-order valence-corrected chi connectivity index (χ0v) is 8.04. The van der Waals surface area contributed by atoms with Crippen molar-refractivity contribution in [3.8, 4) is 6.07 Å². The van der Waals surface area contributed by atoms with Crippen LogP contribution in [-0.2, 0) is 0 Å². The van der Waals surface area contributed by atoms with Crippen molar-refractivity contribution in [2.24, 2.45) is 5.73 Å². The van der Waals surface area contributed by atoms with Gasteiger partial charge in [-0.1, -0.05) is 19.1 Å². The second kappa shape index (κ2) is 4.06. The minimum atomic E-state index is -0.0183. The summed E-state index contributed by atoms with van der Waals surface area (Å²) < 4.78 is 0. The molecule has 0 fully saturated rings. The average Bonchev–Trinajstić information content (AvgIpc) is 2.16. The van der Waals surface area contributed by atoms with Crippen molar-refractivity contribution in [1.82, 2.24) is 0 Å². The molecule has 0 aliphatic heterocycles. The van der Waals surface area contributed by atoms with Crippen LogP contribution in [0, 0.1) is 18.3 Å². The molecule has 0 bridgehead atoms. The fraction of sp³-hybridized carbons (Fsp3) is 0.364. The molecule has 2 nitrogen and oxygen atoms in total. The standard InChI is InChI=1S/C11H14N2/c1-3-11(13)10-5-4-8(2)6-9(10)7-12/h4-6,11H,3,13H2,1-2H3/t11-/m1/s1. The zero-order valence-electron chi connectivity index (χ0n) is 8.04. The highest BCUT2D eigenvalue weighted by atomic mass is 14.6. The maximum atomic E-state index is 8.88. The van der Waals surface area contributed by atoms with Gasteiger partial charge < -0.3 is 5.73 Å². The van der Waals surface area contributed by atoms with Crippen molar-refractivity contribution in [2.75, 3.05) is 0 Å². The molecule has 0 amide bonds. The average molecular weight is 174 g/mol. The topological polar surface area (TPSA) is 49.8 Å². The lowest BCUT2D eigenvalue weighted by molar-refractivity contribution is 0.696. The highest BCUT2D eigenvalue weighted by Gasteiger charge is 2.08. The van der Waals surface area contributed by atoms with Crippen LogP contribution in [0.2, 0.25) is 0 Å². The molecular formula is C11H14N2. The van der Waals surface area contributed by atoms with Gasteiger partial charge >= 0.3 is 0 Å². The summed E-state index contributed by atoms with van der Waals surface area (Å²) in [4.78, 5) is 0. The largest absolute Gasteiger partial charge is 0.324 e. The van der Waals surface area contributed by atoms with Crippen LogP contribution >= 0.6 is 0 Å². The van der Waals surface area contributed by atoms with Gasteiger partial charge in [-0.3, -0.25) is 0 Å². The molecule has 0 heterocycles. The molecule has 1 rings (SSSR count). The summed E-state index contributed by atoms with van der Waals surface area (Å²) in [5.74, 6) is 0. The van der Waals surface area contributed by atoms with Crippen LogP contribution in [0.5, 0.6) is 0 Å². The van der Waals surface area contributed by atoms with E-state index >= 15 is 0 Å². The van der Waals surface area contributed by atoms with E-state index in [1.54, 1.807) is 0 Å². The van der Waals surface area contributed by atoms with Crippen molar-refractivity contribution < 1.29 is 0 Å². The Morgan fingerprint density at radius 3 is 2.77 bits per heavy atom. The number of nitrogens with two attached hydrogens (primary N) is 1. The Morgan fingerprint density at radius 1 is 1.54 bits per heavy atom. The molecule has 2 N–H and O–H groups in total. The predicted octanol–water partition coefficient (Wildman–Crippen LogP) is 2.28. The third-order valence-corrected chi connectivity index (χ3v) is 2.17. The Bertz CT molecular complexity index is 336. The first-order valence-corrected chi connectivity index (χ1v) is 4.45. The van der Waals surface area contributed by atoms with Gasteiger partial charge in [-0.15, -0.1) is 0 Å². The summed E-state index contributed by atoms with van der Waals surface area (Å²) >= 11 is 0. The van der Waals surface area contributed by atoms with Crippen LogP contribution in [0.25, 0.3) is 0 Å². The van der Waals surface area contributed by atoms with E-state index < -0.39 is 0 Å². The smallest absolute Gasteiger partial charge is 0.0995 e. The van der Waals surface area contributed by atoms with Gasteiger partial charge in [-0.05, 0) is 30.5 Å². The molecule has 0 unspecified atom stereocenters. The maximum Gasteiger partial charge on any atom is 0.0995 e. The van der Waals surface area contributed by atoms with Crippen LogP contribution in [0.1, 0.15) is 36.1 Å². The SMILES string of the molecule is CC[C@@H](N)c1ccc(C)cc1C#N.